The average molecular weight is 879 g/mol. The second-order valence-corrected chi connectivity index (χ2v) is 18.4. The number of ether oxygens (including phenoxy) is 4. The molecule has 4 fully saturated rings. The lowest BCUT2D eigenvalue weighted by atomic mass is 9.85. The number of alkyl carbamates (subject to hydrolysis) is 1. The molecule has 5 heterocycles. The third-order valence-corrected chi connectivity index (χ3v) is 14.0. The lowest BCUT2D eigenvalue weighted by molar-refractivity contribution is -0.153. The summed E-state index contributed by atoms with van der Waals surface area (Å²) in [5.74, 6) is -0.502. The van der Waals surface area contributed by atoms with E-state index >= 15 is 0 Å². The number of hydrogen-bond acceptors (Lipinski definition) is 10. The third kappa shape index (κ3) is 8.29. The molecule has 5 aromatic rings. The molecule has 1 aromatic heterocycles. The van der Waals surface area contributed by atoms with Crippen molar-refractivity contribution in [2.24, 2.45) is 16.8 Å². The Bertz CT molecular complexity index is 2780. The summed E-state index contributed by atoms with van der Waals surface area (Å²) in [6.45, 7) is 5.10. The van der Waals surface area contributed by atoms with Gasteiger partial charge >= 0.3 is 12.2 Å². The van der Waals surface area contributed by atoms with Gasteiger partial charge in [-0.05, 0) is 94.0 Å². The van der Waals surface area contributed by atoms with E-state index in [0.717, 1.165) is 76.4 Å². The quantitative estimate of drug-likeness (QED) is 0.148. The molecule has 14 nitrogen and oxygen atoms in total. The van der Waals surface area contributed by atoms with Crippen LogP contribution in [0, 0.1) is 11.8 Å². The van der Waals surface area contributed by atoms with E-state index in [-0.39, 0.29) is 48.7 Å². The predicted octanol–water partition coefficient (Wildman–Crippen LogP) is 8.30. The zero-order valence-corrected chi connectivity index (χ0v) is 37.0. The predicted molar refractivity (Wildman–Crippen MR) is 246 cm³/mol. The molecule has 4 aliphatic heterocycles. The van der Waals surface area contributed by atoms with Crippen LogP contribution < -0.4 is 10.9 Å². The van der Waals surface area contributed by atoms with Crippen LogP contribution in [0.1, 0.15) is 81.8 Å². The highest BCUT2D eigenvalue weighted by Gasteiger charge is 2.53. The number of aromatic nitrogens is 2. The summed E-state index contributed by atoms with van der Waals surface area (Å²) in [6, 6.07) is 26.6. The molecule has 65 heavy (non-hydrogen) atoms. The van der Waals surface area contributed by atoms with Gasteiger partial charge in [-0.3, -0.25) is 19.5 Å². The van der Waals surface area contributed by atoms with Crippen molar-refractivity contribution < 1.29 is 33.3 Å². The molecule has 336 valence electrons. The maximum absolute atomic E-state index is 14.1. The number of fused-ring (bicyclic) bond motifs is 3. The smallest absolute Gasteiger partial charge is 0.410 e. The molecule has 1 spiro atoms. The molecule has 14 heteroatoms. The Morgan fingerprint density at radius 1 is 0.908 bits per heavy atom. The first-order valence-electron chi connectivity index (χ1n) is 22.8. The number of carbonyl (C=O) groups excluding carboxylic acids is 3. The van der Waals surface area contributed by atoms with Gasteiger partial charge < -0.3 is 34.1 Å². The minimum absolute atomic E-state index is 0.0468. The highest BCUT2D eigenvalue weighted by Crippen LogP contribution is 2.46. The maximum Gasteiger partial charge on any atom is 0.410 e. The number of nitrogens with one attached hydrogen (secondary N) is 2. The third-order valence-electron chi connectivity index (χ3n) is 14.0. The molecular formula is C51H54N6O8. The molecule has 2 N–H and O–H groups in total. The van der Waals surface area contributed by atoms with Crippen molar-refractivity contribution in [2.75, 3.05) is 26.9 Å². The number of nitrogens with zero attached hydrogens (tertiary/aromatic N) is 4. The number of carbonyl (C=O) groups is 3. The second-order valence-electron chi connectivity index (χ2n) is 18.4. The number of hydrogen-bond donors (Lipinski definition) is 2. The van der Waals surface area contributed by atoms with Gasteiger partial charge in [0.25, 0.3) is 5.56 Å². The first-order chi connectivity index (χ1) is 31.6. The summed E-state index contributed by atoms with van der Waals surface area (Å²) in [4.78, 5) is 70.3. The van der Waals surface area contributed by atoms with Crippen LogP contribution in [0.3, 0.4) is 0 Å². The molecule has 3 amide bonds. The summed E-state index contributed by atoms with van der Waals surface area (Å²) in [5, 5.41) is 5.31. The number of benzene rings is 4. The molecule has 0 unspecified atom stereocenters. The van der Waals surface area contributed by atoms with E-state index in [1.165, 1.54) is 7.11 Å². The van der Waals surface area contributed by atoms with Crippen molar-refractivity contribution in [1.82, 2.24) is 25.1 Å². The minimum Gasteiger partial charge on any atom is -0.453 e. The first kappa shape index (κ1) is 42.6. The van der Waals surface area contributed by atoms with E-state index in [4.69, 9.17) is 28.9 Å². The molecule has 10 rings (SSSR count). The Balaban J connectivity index is 0.870. The van der Waals surface area contributed by atoms with Crippen LogP contribution in [0.4, 0.5) is 9.59 Å². The van der Waals surface area contributed by atoms with Crippen LogP contribution in [0.2, 0.25) is 0 Å². The Morgan fingerprint density at radius 2 is 1.63 bits per heavy atom. The molecule has 3 saturated heterocycles. The van der Waals surface area contributed by atoms with Gasteiger partial charge in [-0.1, -0.05) is 87.4 Å². The number of rotatable bonds is 9. The van der Waals surface area contributed by atoms with Crippen molar-refractivity contribution >= 4 is 51.1 Å². The second kappa shape index (κ2) is 17.5. The maximum atomic E-state index is 14.1. The highest BCUT2D eigenvalue weighted by atomic mass is 16.7. The van der Waals surface area contributed by atoms with Crippen LogP contribution in [-0.4, -0.2) is 94.4 Å². The van der Waals surface area contributed by atoms with Crippen molar-refractivity contribution in [3.8, 4) is 11.1 Å². The van der Waals surface area contributed by atoms with Crippen molar-refractivity contribution in [3.05, 3.63) is 118 Å². The van der Waals surface area contributed by atoms with Gasteiger partial charge in [0.15, 0.2) is 5.79 Å². The van der Waals surface area contributed by atoms with Gasteiger partial charge in [-0.2, -0.15) is 0 Å². The molecule has 5 aliphatic rings. The summed E-state index contributed by atoms with van der Waals surface area (Å²) in [7, 11) is 1.28. The molecule has 4 aromatic carbocycles. The summed E-state index contributed by atoms with van der Waals surface area (Å²) in [6.07, 6.45) is 6.69. The normalized spacial score (nSPS) is 22.9. The van der Waals surface area contributed by atoms with Crippen LogP contribution in [0.15, 0.2) is 101 Å². The number of amides is 3. The van der Waals surface area contributed by atoms with E-state index in [0.29, 0.717) is 48.7 Å². The Morgan fingerprint density at radius 3 is 2.40 bits per heavy atom. The Kier molecular flexibility index (Phi) is 11.5. The van der Waals surface area contributed by atoms with E-state index < -0.39 is 24.0 Å². The van der Waals surface area contributed by atoms with E-state index in [1.54, 1.807) is 4.90 Å². The fourth-order valence-electron chi connectivity index (χ4n) is 10.7. The molecule has 1 aliphatic carbocycles. The lowest BCUT2D eigenvalue weighted by Gasteiger charge is -2.33. The van der Waals surface area contributed by atoms with Crippen LogP contribution in [-0.2, 0) is 30.3 Å². The minimum atomic E-state index is -0.910. The first-order valence-corrected chi connectivity index (χ1v) is 22.8. The summed E-state index contributed by atoms with van der Waals surface area (Å²) >= 11 is 0. The van der Waals surface area contributed by atoms with Crippen molar-refractivity contribution in [3.63, 3.8) is 0 Å². The topological polar surface area (TPSA) is 165 Å². The van der Waals surface area contributed by atoms with Gasteiger partial charge in [0.2, 0.25) is 5.91 Å². The SMILES string of the molecule is COC(=O)N[C@H](C(=O)N1CC2(C[C@H]1C1=NC=C(c3ccc4cc(-c5ccc6c(=O)[nH]c([C@@H]7C[C@@H]8CCCC[C@@H]8N7C(=O)OCc7ccccc7)nc6c5)ccc4c3)C1)OCCO2)C(C)C. The average Bonchev–Trinajstić information content (AvgIpc) is 4.16. The number of aliphatic imine (C=N–C) groups is 1. The van der Waals surface area contributed by atoms with Crippen LogP contribution in [0.5, 0.6) is 0 Å². The molecular weight excluding hydrogens is 825 g/mol. The van der Waals surface area contributed by atoms with Gasteiger partial charge in [0.05, 0.1) is 49.9 Å². The fourth-order valence-corrected chi connectivity index (χ4v) is 10.7. The largest absolute Gasteiger partial charge is 0.453 e. The number of likely N-dealkylation sites (tertiary alicyclic amines) is 2. The Hall–Kier alpha value is -6.38. The summed E-state index contributed by atoms with van der Waals surface area (Å²) < 4.78 is 22.9. The number of aromatic amines is 1. The zero-order valence-electron chi connectivity index (χ0n) is 37.0. The van der Waals surface area contributed by atoms with Gasteiger partial charge in [0.1, 0.15) is 18.5 Å². The number of methoxy groups -OCH3 is 1. The molecule has 1 saturated carbocycles. The summed E-state index contributed by atoms with van der Waals surface area (Å²) in [5.41, 5.74) is 6.08. The standard InChI is InChI=1S/C51H54N6O8/c1-30(2)45(54-49(60)62-3)48(59)56-29-51(64-19-20-65-51)26-44(56)41-24-38(27-52-41)35-16-15-32-21-34(14-13-33(32)22-35)36-17-18-39-40(23-36)53-46(55-47(39)58)43-25-37-11-7-8-12-42(37)57(43)50(61)63-28-31-9-5-4-6-10-31/h4-6,9-10,13-18,21-23,27,30,37,42-45H,7-8,11-12,19-20,24-26,28-29H2,1-3H3,(H,54,60)(H,53,55,58)/t37-,42-,43-,44-,45-/m0/s1. The van der Waals surface area contributed by atoms with Gasteiger partial charge in [-0.15, -0.1) is 0 Å². The van der Waals surface area contributed by atoms with Gasteiger partial charge in [0, 0.05) is 30.8 Å². The van der Waals surface area contributed by atoms with E-state index in [1.807, 2.05) is 73.5 Å². The van der Waals surface area contributed by atoms with E-state index in [2.05, 4.69) is 46.7 Å². The monoisotopic (exact) mass is 878 g/mol. The number of allylic oxidation sites excluding steroid dienone is 1. The van der Waals surface area contributed by atoms with Crippen LogP contribution in [0.25, 0.3) is 38.4 Å². The molecule has 0 bridgehead atoms. The Labute approximate surface area is 377 Å². The highest BCUT2D eigenvalue weighted by molar-refractivity contribution is 6.05. The molecule has 5 atom stereocenters. The van der Waals surface area contributed by atoms with Crippen molar-refractivity contribution in [2.45, 2.75) is 95.4 Å². The molecule has 0 radical (unpaired) electrons. The van der Waals surface area contributed by atoms with Gasteiger partial charge in [-0.25, -0.2) is 14.6 Å². The zero-order chi connectivity index (χ0) is 44.8. The number of H-pyrrole nitrogens is 1. The lowest BCUT2D eigenvalue weighted by Crippen LogP contribution is -2.54. The van der Waals surface area contributed by atoms with E-state index in [9.17, 15) is 19.2 Å². The van der Waals surface area contributed by atoms with Crippen molar-refractivity contribution in [1.29, 1.82) is 0 Å². The van der Waals surface area contributed by atoms with Crippen LogP contribution >= 0.6 is 0 Å². The fraction of sp³-hybridized carbons (Fsp3) is 0.412.